The van der Waals surface area contributed by atoms with Gasteiger partial charge >= 0.3 is 0 Å². The predicted molar refractivity (Wildman–Crippen MR) is 111 cm³/mol. The van der Waals surface area contributed by atoms with Gasteiger partial charge in [-0.3, -0.25) is 0 Å². The topological polar surface area (TPSA) is 49.5 Å². The van der Waals surface area contributed by atoms with Crippen LogP contribution in [0.1, 0.15) is 23.3 Å². The third-order valence-electron chi connectivity index (χ3n) is 5.19. The monoisotopic (exact) mass is 392 g/mol. The molecule has 0 aromatic heterocycles. The summed E-state index contributed by atoms with van der Waals surface area (Å²) in [5.41, 5.74) is 4.37. The smallest absolute Gasteiger partial charge is 0.161 e. The first-order valence-electron chi connectivity index (χ1n) is 9.38. The van der Waals surface area contributed by atoms with Crippen molar-refractivity contribution in [1.29, 1.82) is 0 Å². The molecule has 5 heteroatoms. The van der Waals surface area contributed by atoms with Gasteiger partial charge in [-0.15, -0.1) is 0 Å². The molecule has 4 rings (SSSR count). The lowest BCUT2D eigenvalue weighted by Gasteiger charge is -2.12. The van der Waals surface area contributed by atoms with Crippen LogP contribution in [0.3, 0.4) is 0 Å². The predicted octanol–water partition coefficient (Wildman–Crippen LogP) is 5.20. The average Bonchev–Trinajstić information content (AvgIpc) is 3.59. The van der Waals surface area contributed by atoms with Crippen molar-refractivity contribution in [3.8, 4) is 34.1 Å². The van der Waals surface area contributed by atoms with Crippen LogP contribution in [0.15, 0.2) is 60.7 Å². The summed E-state index contributed by atoms with van der Waals surface area (Å²) >= 11 is 0. The molecule has 1 fully saturated rings. The number of methoxy groups -OCH3 is 4. The van der Waals surface area contributed by atoms with Crippen LogP contribution in [0.2, 0.25) is 0 Å². The minimum Gasteiger partial charge on any atom is -0.493 e. The molecule has 3 aromatic carbocycles. The third-order valence-corrected chi connectivity index (χ3v) is 5.19. The van der Waals surface area contributed by atoms with Crippen LogP contribution < -0.4 is 18.9 Å². The third kappa shape index (κ3) is 3.61. The summed E-state index contributed by atoms with van der Waals surface area (Å²) in [5.74, 6) is 2.82. The second kappa shape index (κ2) is 8.05. The largest absolute Gasteiger partial charge is 0.493 e. The Bertz CT molecular complexity index is 1010. The SMILES string of the molecule is COc1ccc(-c2ccccc2C2OC2c2ccc(OC)c(OC)c2)cc1OC. The minimum absolute atomic E-state index is 0.0163. The van der Waals surface area contributed by atoms with E-state index >= 15 is 0 Å². The standard InChI is InChI=1S/C24H24O5/c1-25-19-11-9-15(13-21(19)27-3)17-7-5-6-8-18(17)24-23(29-24)16-10-12-20(26-2)22(14-16)28-4/h5-14,23-24H,1-4H3. The molecule has 0 N–H and O–H groups in total. The molecule has 3 aromatic rings. The summed E-state index contributed by atoms with van der Waals surface area (Å²) in [6.07, 6.45) is -0.0338. The van der Waals surface area contributed by atoms with Gasteiger partial charge in [-0.1, -0.05) is 36.4 Å². The van der Waals surface area contributed by atoms with Crippen molar-refractivity contribution < 1.29 is 23.7 Å². The molecule has 0 aliphatic carbocycles. The lowest BCUT2D eigenvalue weighted by molar-refractivity contribution is 0.352. The van der Waals surface area contributed by atoms with E-state index in [0.717, 1.165) is 22.3 Å². The summed E-state index contributed by atoms with van der Waals surface area (Å²) in [4.78, 5) is 0. The second-order valence-electron chi connectivity index (χ2n) is 6.75. The quantitative estimate of drug-likeness (QED) is 0.517. The number of rotatable bonds is 7. The van der Waals surface area contributed by atoms with Crippen molar-refractivity contribution in [2.24, 2.45) is 0 Å². The Kier molecular flexibility index (Phi) is 5.32. The highest BCUT2D eigenvalue weighted by Crippen LogP contribution is 2.54. The zero-order valence-corrected chi connectivity index (χ0v) is 17.0. The van der Waals surface area contributed by atoms with Crippen LogP contribution in [0.5, 0.6) is 23.0 Å². The van der Waals surface area contributed by atoms with Crippen molar-refractivity contribution in [2.75, 3.05) is 28.4 Å². The number of ether oxygens (including phenoxy) is 5. The van der Waals surface area contributed by atoms with E-state index in [1.54, 1.807) is 28.4 Å². The lowest BCUT2D eigenvalue weighted by Crippen LogP contribution is -1.94. The van der Waals surface area contributed by atoms with Crippen LogP contribution in [0.25, 0.3) is 11.1 Å². The molecular formula is C24H24O5. The first-order valence-corrected chi connectivity index (χ1v) is 9.38. The van der Waals surface area contributed by atoms with E-state index in [9.17, 15) is 0 Å². The van der Waals surface area contributed by atoms with Crippen molar-refractivity contribution >= 4 is 0 Å². The van der Waals surface area contributed by atoms with Crippen molar-refractivity contribution in [3.05, 3.63) is 71.8 Å². The van der Waals surface area contributed by atoms with Gasteiger partial charge < -0.3 is 23.7 Å². The number of hydrogen-bond acceptors (Lipinski definition) is 5. The van der Waals surface area contributed by atoms with Gasteiger partial charge in [0, 0.05) is 0 Å². The fraction of sp³-hybridized carbons (Fsp3) is 0.250. The van der Waals surface area contributed by atoms with E-state index in [-0.39, 0.29) is 12.2 Å². The lowest BCUT2D eigenvalue weighted by atomic mass is 9.95. The Morgan fingerprint density at radius 1 is 0.621 bits per heavy atom. The number of epoxide rings is 1. The van der Waals surface area contributed by atoms with Crippen LogP contribution in [0, 0.1) is 0 Å². The molecule has 1 heterocycles. The molecule has 0 amide bonds. The molecule has 1 aliphatic rings. The molecule has 1 saturated heterocycles. The molecule has 0 spiro atoms. The van der Waals surface area contributed by atoms with E-state index in [2.05, 4.69) is 12.1 Å². The molecule has 2 unspecified atom stereocenters. The average molecular weight is 392 g/mol. The number of hydrogen-bond donors (Lipinski definition) is 0. The van der Waals surface area contributed by atoms with Crippen LogP contribution in [0.4, 0.5) is 0 Å². The molecule has 0 bridgehead atoms. The van der Waals surface area contributed by atoms with E-state index in [1.165, 1.54) is 0 Å². The highest BCUT2D eigenvalue weighted by molar-refractivity contribution is 5.71. The zero-order chi connectivity index (χ0) is 20.4. The van der Waals surface area contributed by atoms with Gasteiger partial charge in [-0.25, -0.2) is 0 Å². The van der Waals surface area contributed by atoms with Crippen LogP contribution >= 0.6 is 0 Å². The summed E-state index contributed by atoms with van der Waals surface area (Å²) in [5, 5.41) is 0. The van der Waals surface area contributed by atoms with Gasteiger partial charge in [0.1, 0.15) is 12.2 Å². The minimum atomic E-state index is -0.0175. The Hall–Kier alpha value is -3.18. The van der Waals surface area contributed by atoms with Gasteiger partial charge in [0.15, 0.2) is 23.0 Å². The Labute approximate surface area is 170 Å². The van der Waals surface area contributed by atoms with Crippen LogP contribution in [-0.2, 0) is 4.74 Å². The maximum atomic E-state index is 6.07. The van der Waals surface area contributed by atoms with Gasteiger partial charge in [-0.2, -0.15) is 0 Å². The first-order chi connectivity index (χ1) is 14.2. The molecule has 2 atom stereocenters. The van der Waals surface area contributed by atoms with Crippen molar-refractivity contribution in [1.82, 2.24) is 0 Å². The van der Waals surface area contributed by atoms with Gasteiger partial charge in [-0.05, 0) is 46.5 Å². The number of benzene rings is 3. The van der Waals surface area contributed by atoms with E-state index in [4.69, 9.17) is 23.7 Å². The zero-order valence-electron chi connectivity index (χ0n) is 17.0. The molecule has 0 saturated carbocycles. The molecule has 0 radical (unpaired) electrons. The molecular weight excluding hydrogens is 368 g/mol. The molecule has 29 heavy (non-hydrogen) atoms. The van der Waals surface area contributed by atoms with E-state index in [1.807, 2.05) is 48.5 Å². The highest BCUT2D eigenvalue weighted by Gasteiger charge is 2.43. The fourth-order valence-electron chi connectivity index (χ4n) is 3.64. The Morgan fingerprint density at radius 3 is 1.93 bits per heavy atom. The van der Waals surface area contributed by atoms with Crippen LogP contribution in [-0.4, -0.2) is 28.4 Å². The molecule has 1 aliphatic heterocycles. The summed E-state index contributed by atoms with van der Waals surface area (Å²) in [6.45, 7) is 0. The normalized spacial score (nSPS) is 17.5. The van der Waals surface area contributed by atoms with E-state index < -0.39 is 0 Å². The van der Waals surface area contributed by atoms with Crippen molar-refractivity contribution in [2.45, 2.75) is 12.2 Å². The Morgan fingerprint density at radius 2 is 1.24 bits per heavy atom. The summed E-state index contributed by atoms with van der Waals surface area (Å²) in [7, 11) is 6.55. The Balaban J connectivity index is 1.66. The van der Waals surface area contributed by atoms with Crippen molar-refractivity contribution in [3.63, 3.8) is 0 Å². The van der Waals surface area contributed by atoms with Gasteiger partial charge in [0.25, 0.3) is 0 Å². The van der Waals surface area contributed by atoms with Gasteiger partial charge in [0.05, 0.1) is 28.4 Å². The molecule has 150 valence electrons. The van der Waals surface area contributed by atoms with Gasteiger partial charge in [0.2, 0.25) is 0 Å². The summed E-state index contributed by atoms with van der Waals surface area (Å²) < 4.78 is 27.7. The summed E-state index contributed by atoms with van der Waals surface area (Å²) in [6, 6.07) is 20.1. The first kappa shape index (κ1) is 19.2. The maximum absolute atomic E-state index is 6.07. The highest BCUT2D eigenvalue weighted by atomic mass is 16.6. The maximum Gasteiger partial charge on any atom is 0.161 e. The van der Waals surface area contributed by atoms with E-state index in [0.29, 0.717) is 23.0 Å². The molecule has 5 nitrogen and oxygen atoms in total. The second-order valence-corrected chi connectivity index (χ2v) is 6.75. The fourth-order valence-corrected chi connectivity index (χ4v) is 3.64.